The van der Waals surface area contributed by atoms with Crippen LogP contribution in [0.15, 0.2) is 54.7 Å². The number of amides is 1. The summed E-state index contributed by atoms with van der Waals surface area (Å²) in [6.07, 6.45) is 2.22. The summed E-state index contributed by atoms with van der Waals surface area (Å²) in [7, 11) is 1.63. The monoisotopic (exact) mass is 380 g/mol. The maximum Gasteiger partial charge on any atom is 0.306 e. The number of benzene rings is 2. The van der Waals surface area contributed by atoms with Crippen molar-refractivity contribution < 1.29 is 19.1 Å². The predicted octanol–water partition coefficient (Wildman–Crippen LogP) is 3.38. The number of hydrogen-bond acceptors (Lipinski definition) is 4. The smallest absolute Gasteiger partial charge is 0.306 e. The summed E-state index contributed by atoms with van der Waals surface area (Å²) >= 11 is 0. The van der Waals surface area contributed by atoms with Crippen LogP contribution in [-0.4, -0.2) is 37.1 Å². The summed E-state index contributed by atoms with van der Waals surface area (Å²) in [6.45, 7) is 1.81. The minimum absolute atomic E-state index is 0.0621. The van der Waals surface area contributed by atoms with E-state index in [9.17, 15) is 9.59 Å². The molecule has 0 aliphatic heterocycles. The van der Waals surface area contributed by atoms with Gasteiger partial charge in [0.25, 0.3) is 5.91 Å². The Hall–Kier alpha value is -3.28. The summed E-state index contributed by atoms with van der Waals surface area (Å²) in [5.41, 5.74) is 3.18. The molecular weight excluding hydrogens is 356 g/mol. The van der Waals surface area contributed by atoms with Crippen LogP contribution >= 0.6 is 0 Å². The van der Waals surface area contributed by atoms with Crippen molar-refractivity contribution in [2.45, 2.75) is 19.3 Å². The van der Waals surface area contributed by atoms with E-state index < -0.39 is 5.97 Å². The molecule has 0 unspecified atom stereocenters. The van der Waals surface area contributed by atoms with Gasteiger partial charge in [-0.2, -0.15) is 0 Å². The molecule has 2 aromatic carbocycles. The van der Waals surface area contributed by atoms with E-state index in [1.165, 1.54) is 0 Å². The van der Waals surface area contributed by atoms with Gasteiger partial charge in [-0.05, 0) is 29.3 Å². The first kappa shape index (κ1) is 19.5. The Kier molecular flexibility index (Phi) is 6.32. The molecule has 3 rings (SSSR count). The zero-order valence-corrected chi connectivity index (χ0v) is 16.0. The van der Waals surface area contributed by atoms with E-state index in [-0.39, 0.29) is 24.9 Å². The van der Waals surface area contributed by atoms with Crippen molar-refractivity contribution in [2.24, 2.45) is 0 Å². The summed E-state index contributed by atoms with van der Waals surface area (Å²) in [5, 5.41) is 3.99. The van der Waals surface area contributed by atoms with Crippen LogP contribution < -0.4 is 10.1 Å². The zero-order chi connectivity index (χ0) is 19.9. The van der Waals surface area contributed by atoms with Crippen LogP contribution in [0.3, 0.4) is 0 Å². The van der Waals surface area contributed by atoms with E-state index in [0.717, 1.165) is 27.8 Å². The molecule has 0 aliphatic carbocycles. The number of nitrogens with one attached hydrogen (secondary N) is 2. The SMILES string of the molecule is CCC(=O)OCC(=O)NC[C@H](c1ccc(OC)cc1)c1c[nH]c2ccccc12. The van der Waals surface area contributed by atoms with Crippen LogP contribution in [-0.2, 0) is 14.3 Å². The van der Waals surface area contributed by atoms with Crippen molar-refractivity contribution in [1.82, 2.24) is 10.3 Å². The molecule has 0 radical (unpaired) electrons. The average molecular weight is 380 g/mol. The Labute approximate surface area is 163 Å². The van der Waals surface area contributed by atoms with Crippen molar-refractivity contribution in [3.05, 3.63) is 65.9 Å². The van der Waals surface area contributed by atoms with Crippen LogP contribution in [0.5, 0.6) is 5.75 Å². The highest BCUT2D eigenvalue weighted by Crippen LogP contribution is 2.31. The van der Waals surface area contributed by atoms with E-state index in [4.69, 9.17) is 9.47 Å². The number of hydrogen-bond donors (Lipinski definition) is 2. The first-order valence-electron chi connectivity index (χ1n) is 9.24. The molecule has 0 fully saturated rings. The van der Waals surface area contributed by atoms with Gasteiger partial charge in [-0.15, -0.1) is 0 Å². The fourth-order valence-electron chi connectivity index (χ4n) is 3.14. The first-order valence-corrected chi connectivity index (χ1v) is 9.24. The molecular formula is C22H24N2O4. The third kappa shape index (κ3) is 4.52. The highest BCUT2D eigenvalue weighted by atomic mass is 16.5. The minimum atomic E-state index is -0.390. The largest absolute Gasteiger partial charge is 0.497 e. The highest BCUT2D eigenvalue weighted by Gasteiger charge is 2.19. The molecule has 28 heavy (non-hydrogen) atoms. The summed E-state index contributed by atoms with van der Waals surface area (Å²) in [4.78, 5) is 26.7. The van der Waals surface area contributed by atoms with E-state index >= 15 is 0 Å². The molecule has 1 atom stereocenters. The number of fused-ring (bicyclic) bond motifs is 1. The number of H-pyrrole nitrogens is 1. The lowest BCUT2D eigenvalue weighted by molar-refractivity contribution is -0.148. The molecule has 0 aliphatic rings. The van der Waals surface area contributed by atoms with Crippen molar-refractivity contribution in [1.29, 1.82) is 0 Å². The van der Waals surface area contributed by atoms with Gasteiger partial charge < -0.3 is 19.8 Å². The topological polar surface area (TPSA) is 80.4 Å². The van der Waals surface area contributed by atoms with E-state index in [2.05, 4.69) is 16.4 Å². The average Bonchev–Trinajstić information content (AvgIpc) is 3.16. The molecule has 6 nitrogen and oxygen atoms in total. The van der Waals surface area contributed by atoms with Crippen LogP contribution in [0.1, 0.15) is 30.4 Å². The third-order valence-electron chi connectivity index (χ3n) is 4.67. The minimum Gasteiger partial charge on any atom is -0.497 e. The molecule has 1 heterocycles. The molecule has 146 valence electrons. The maximum atomic E-state index is 12.1. The number of esters is 1. The molecule has 2 N–H and O–H groups in total. The summed E-state index contributed by atoms with van der Waals surface area (Å²) in [5.74, 6) is 0.00320. The van der Waals surface area contributed by atoms with Crippen molar-refractivity contribution in [3.8, 4) is 5.75 Å². The second-order valence-electron chi connectivity index (χ2n) is 6.43. The lowest BCUT2D eigenvalue weighted by Gasteiger charge is -2.18. The Balaban J connectivity index is 1.82. The second kappa shape index (κ2) is 9.08. The van der Waals surface area contributed by atoms with Crippen molar-refractivity contribution in [2.75, 3.05) is 20.3 Å². The number of aromatic amines is 1. The number of aromatic nitrogens is 1. The highest BCUT2D eigenvalue weighted by molar-refractivity contribution is 5.84. The van der Waals surface area contributed by atoms with Gasteiger partial charge in [0.1, 0.15) is 5.75 Å². The number of para-hydroxylation sites is 1. The standard InChI is InChI=1S/C22H24N2O4/c1-3-22(26)28-14-21(25)24-12-18(15-8-10-16(27-2)11-9-15)19-13-23-20-7-5-4-6-17(19)20/h4-11,13,18,23H,3,12,14H2,1-2H3,(H,24,25)/t18-/m1/s1. The Morgan fingerprint density at radius 1 is 1.11 bits per heavy atom. The van der Waals surface area contributed by atoms with Gasteiger partial charge >= 0.3 is 5.97 Å². The lowest BCUT2D eigenvalue weighted by Crippen LogP contribution is -2.32. The predicted molar refractivity (Wildman–Crippen MR) is 107 cm³/mol. The number of rotatable bonds is 8. The quantitative estimate of drug-likeness (QED) is 0.587. The fourth-order valence-corrected chi connectivity index (χ4v) is 3.14. The van der Waals surface area contributed by atoms with Gasteiger partial charge in [0.05, 0.1) is 7.11 Å². The molecule has 0 bridgehead atoms. The second-order valence-corrected chi connectivity index (χ2v) is 6.43. The van der Waals surface area contributed by atoms with Gasteiger partial charge in [-0.25, -0.2) is 0 Å². The number of ether oxygens (including phenoxy) is 2. The van der Waals surface area contributed by atoms with E-state index in [0.29, 0.717) is 6.54 Å². The molecule has 1 aromatic heterocycles. The van der Waals surface area contributed by atoms with Crippen LogP contribution in [0.4, 0.5) is 0 Å². The van der Waals surface area contributed by atoms with Crippen LogP contribution in [0.2, 0.25) is 0 Å². The van der Waals surface area contributed by atoms with Crippen molar-refractivity contribution in [3.63, 3.8) is 0 Å². The Morgan fingerprint density at radius 3 is 2.57 bits per heavy atom. The number of methoxy groups -OCH3 is 1. The molecule has 0 saturated carbocycles. The third-order valence-corrected chi connectivity index (χ3v) is 4.67. The Morgan fingerprint density at radius 2 is 1.86 bits per heavy atom. The van der Waals surface area contributed by atoms with E-state index in [1.807, 2.05) is 48.7 Å². The first-order chi connectivity index (χ1) is 13.6. The van der Waals surface area contributed by atoms with Gasteiger partial charge in [-0.1, -0.05) is 37.3 Å². The van der Waals surface area contributed by atoms with Gasteiger partial charge in [0.15, 0.2) is 6.61 Å². The Bertz CT molecular complexity index is 947. The van der Waals surface area contributed by atoms with Crippen LogP contribution in [0, 0.1) is 0 Å². The number of carbonyl (C=O) groups excluding carboxylic acids is 2. The fraction of sp³-hybridized carbons (Fsp3) is 0.273. The molecule has 3 aromatic rings. The lowest BCUT2D eigenvalue weighted by atomic mass is 9.91. The van der Waals surface area contributed by atoms with Crippen molar-refractivity contribution >= 4 is 22.8 Å². The van der Waals surface area contributed by atoms with Gasteiger partial charge in [0, 0.05) is 36.0 Å². The molecule has 0 spiro atoms. The normalized spacial score (nSPS) is 11.8. The van der Waals surface area contributed by atoms with E-state index in [1.54, 1.807) is 14.0 Å². The zero-order valence-electron chi connectivity index (χ0n) is 16.0. The molecule has 6 heteroatoms. The molecule has 1 amide bonds. The van der Waals surface area contributed by atoms with Crippen LogP contribution in [0.25, 0.3) is 10.9 Å². The van der Waals surface area contributed by atoms with Gasteiger partial charge in [0.2, 0.25) is 0 Å². The summed E-state index contributed by atoms with van der Waals surface area (Å²) in [6, 6.07) is 15.9. The summed E-state index contributed by atoms with van der Waals surface area (Å²) < 4.78 is 10.2. The molecule has 0 saturated heterocycles. The van der Waals surface area contributed by atoms with Gasteiger partial charge in [-0.3, -0.25) is 9.59 Å². The number of carbonyl (C=O) groups is 2. The maximum absolute atomic E-state index is 12.1.